The van der Waals surface area contributed by atoms with E-state index >= 15 is 0 Å². The van der Waals surface area contributed by atoms with Gasteiger partial charge in [-0.1, -0.05) is 13.5 Å². The van der Waals surface area contributed by atoms with Crippen LogP contribution in [-0.4, -0.2) is 53.8 Å². The standard InChI is InChI=1S/C11H19O7P/c1-3-11(15)17-7-9(12)8-18-19(16,4-2)6-5-10(13)14/h3,9,12H,1,4-8H2,2H3,(H,13,14). The third kappa shape index (κ3) is 8.53. The van der Waals surface area contributed by atoms with Gasteiger partial charge in [-0.15, -0.1) is 0 Å². The van der Waals surface area contributed by atoms with Crippen molar-refractivity contribution in [3.8, 4) is 0 Å². The number of esters is 1. The maximum atomic E-state index is 12.1. The molecule has 19 heavy (non-hydrogen) atoms. The molecule has 0 radical (unpaired) electrons. The molecule has 2 unspecified atom stereocenters. The first-order valence-electron chi connectivity index (χ1n) is 5.74. The molecule has 0 spiro atoms. The van der Waals surface area contributed by atoms with Crippen molar-refractivity contribution in [2.75, 3.05) is 25.5 Å². The first-order valence-corrected chi connectivity index (χ1v) is 7.74. The van der Waals surface area contributed by atoms with E-state index in [-0.39, 0.29) is 32.0 Å². The number of carboxylic acid groups (broad SMARTS) is 1. The Bertz CT molecular complexity index is 366. The molecule has 0 fully saturated rings. The lowest BCUT2D eigenvalue weighted by molar-refractivity contribution is -0.141. The number of rotatable bonds is 10. The summed E-state index contributed by atoms with van der Waals surface area (Å²) in [4.78, 5) is 21.2. The average molecular weight is 294 g/mol. The smallest absolute Gasteiger partial charge is 0.330 e. The van der Waals surface area contributed by atoms with Crippen molar-refractivity contribution in [3.63, 3.8) is 0 Å². The number of carbonyl (C=O) groups excluding carboxylic acids is 1. The molecule has 2 N–H and O–H groups in total. The normalized spacial score (nSPS) is 15.3. The molecule has 0 amide bonds. The van der Waals surface area contributed by atoms with Crippen LogP contribution in [0.15, 0.2) is 12.7 Å². The van der Waals surface area contributed by atoms with E-state index in [0.717, 1.165) is 6.08 Å². The summed E-state index contributed by atoms with van der Waals surface area (Å²) in [6.45, 7) is 4.23. The number of aliphatic carboxylic acids is 1. The minimum atomic E-state index is -3.06. The van der Waals surface area contributed by atoms with E-state index in [2.05, 4.69) is 11.3 Å². The Balaban J connectivity index is 4.11. The van der Waals surface area contributed by atoms with Gasteiger partial charge in [-0.2, -0.15) is 0 Å². The summed E-state index contributed by atoms with van der Waals surface area (Å²) < 4.78 is 21.7. The second-order valence-corrected chi connectivity index (χ2v) is 6.75. The summed E-state index contributed by atoms with van der Waals surface area (Å²) in [5.74, 6) is -1.73. The van der Waals surface area contributed by atoms with Crippen molar-refractivity contribution in [2.45, 2.75) is 19.4 Å². The molecule has 0 saturated heterocycles. The van der Waals surface area contributed by atoms with Crippen molar-refractivity contribution in [1.29, 1.82) is 0 Å². The van der Waals surface area contributed by atoms with Crippen LogP contribution in [0.4, 0.5) is 0 Å². The molecular weight excluding hydrogens is 275 g/mol. The largest absolute Gasteiger partial charge is 0.481 e. The second-order valence-electron chi connectivity index (χ2n) is 3.78. The molecule has 8 heteroatoms. The van der Waals surface area contributed by atoms with Gasteiger partial charge < -0.3 is 19.5 Å². The summed E-state index contributed by atoms with van der Waals surface area (Å²) in [5, 5.41) is 18.0. The van der Waals surface area contributed by atoms with Crippen LogP contribution >= 0.6 is 7.37 Å². The lowest BCUT2D eigenvalue weighted by atomic mass is 10.4. The first-order chi connectivity index (χ1) is 8.83. The van der Waals surface area contributed by atoms with Crippen LogP contribution in [0.1, 0.15) is 13.3 Å². The topological polar surface area (TPSA) is 110 Å². The van der Waals surface area contributed by atoms with Gasteiger partial charge in [0.05, 0.1) is 13.0 Å². The molecular formula is C11H19O7P. The van der Waals surface area contributed by atoms with Crippen LogP contribution in [0, 0.1) is 0 Å². The number of hydrogen-bond donors (Lipinski definition) is 2. The molecule has 0 aliphatic heterocycles. The predicted octanol–water partition coefficient (Wildman–Crippen LogP) is 0.866. The Labute approximate surface area is 111 Å². The molecule has 0 aromatic carbocycles. The molecule has 0 aromatic heterocycles. The summed E-state index contributed by atoms with van der Waals surface area (Å²) in [7, 11) is -3.06. The molecule has 0 aromatic rings. The van der Waals surface area contributed by atoms with Crippen molar-refractivity contribution in [1.82, 2.24) is 0 Å². The van der Waals surface area contributed by atoms with E-state index in [4.69, 9.17) is 9.63 Å². The number of carboxylic acids is 1. The molecule has 110 valence electrons. The van der Waals surface area contributed by atoms with Gasteiger partial charge in [0.1, 0.15) is 12.7 Å². The first kappa shape index (κ1) is 17.8. The summed E-state index contributed by atoms with van der Waals surface area (Å²) in [6, 6.07) is 0. The van der Waals surface area contributed by atoms with Gasteiger partial charge >= 0.3 is 11.9 Å². The number of aliphatic hydroxyl groups excluding tert-OH is 1. The fourth-order valence-electron chi connectivity index (χ4n) is 1.09. The fourth-order valence-corrected chi connectivity index (χ4v) is 2.69. The number of aliphatic hydroxyl groups is 1. The van der Waals surface area contributed by atoms with E-state index in [1.54, 1.807) is 6.92 Å². The van der Waals surface area contributed by atoms with Crippen LogP contribution in [0.3, 0.4) is 0 Å². The highest BCUT2D eigenvalue weighted by Gasteiger charge is 2.23. The van der Waals surface area contributed by atoms with Gasteiger partial charge in [-0.25, -0.2) is 4.79 Å². The van der Waals surface area contributed by atoms with Crippen LogP contribution < -0.4 is 0 Å². The maximum Gasteiger partial charge on any atom is 0.330 e. The number of ether oxygens (including phenoxy) is 1. The van der Waals surface area contributed by atoms with Crippen molar-refractivity contribution in [3.05, 3.63) is 12.7 Å². The SMILES string of the molecule is C=CC(=O)OCC(O)COP(=O)(CC)CCC(=O)O. The Morgan fingerprint density at radius 2 is 2.05 bits per heavy atom. The van der Waals surface area contributed by atoms with Gasteiger partial charge in [-0.05, 0) is 0 Å². The Morgan fingerprint density at radius 1 is 1.42 bits per heavy atom. The summed E-state index contributed by atoms with van der Waals surface area (Å²) in [5.41, 5.74) is 0. The quantitative estimate of drug-likeness (QED) is 0.349. The summed E-state index contributed by atoms with van der Waals surface area (Å²) >= 11 is 0. The zero-order chi connectivity index (χ0) is 14.9. The van der Waals surface area contributed by atoms with E-state index in [0.29, 0.717) is 0 Å². The van der Waals surface area contributed by atoms with E-state index in [9.17, 15) is 19.3 Å². The van der Waals surface area contributed by atoms with E-state index < -0.39 is 25.4 Å². The van der Waals surface area contributed by atoms with Crippen molar-refractivity contribution >= 4 is 19.3 Å². The molecule has 0 rings (SSSR count). The molecule has 2 atom stereocenters. The Morgan fingerprint density at radius 3 is 2.53 bits per heavy atom. The zero-order valence-electron chi connectivity index (χ0n) is 10.8. The molecule has 7 nitrogen and oxygen atoms in total. The van der Waals surface area contributed by atoms with Gasteiger partial charge in [-0.3, -0.25) is 9.36 Å². The molecule has 0 heterocycles. The van der Waals surface area contributed by atoms with Crippen molar-refractivity contribution < 1.29 is 33.6 Å². The Kier molecular flexibility index (Phi) is 8.30. The summed E-state index contributed by atoms with van der Waals surface area (Å²) in [6.07, 6.45) is -0.324. The second kappa shape index (κ2) is 8.85. The molecule has 0 bridgehead atoms. The van der Waals surface area contributed by atoms with Crippen LogP contribution in [0.25, 0.3) is 0 Å². The minimum Gasteiger partial charge on any atom is -0.481 e. The zero-order valence-corrected chi connectivity index (χ0v) is 11.7. The average Bonchev–Trinajstić information content (AvgIpc) is 2.40. The molecule has 0 aliphatic rings. The third-order valence-corrected chi connectivity index (χ3v) is 4.72. The van der Waals surface area contributed by atoms with Crippen LogP contribution in [0.2, 0.25) is 0 Å². The maximum absolute atomic E-state index is 12.1. The Hall–Kier alpha value is -1.17. The minimum absolute atomic E-state index is 0.0853. The highest BCUT2D eigenvalue weighted by molar-refractivity contribution is 7.58. The van der Waals surface area contributed by atoms with E-state index in [1.165, 1.54) is 0 Å². The van der Waals surface area contributed by atoms with Crippen LogP contribution in [0.5, 0.6) is 0 Å². The predicted molar refractivity (Wildman–Crippen MR) is 68.4 cm³/mol. The highest BCUT2D eigenvalue weighted by Crippen LogP contribution is 2.46. The third-order valence-electron chi connectivity index (χ3n) is 2.24. The van der Waals surface area contributed by atoms with Crippen LogP contribution in [-0.2, 0) is 23.4 Å². The fraction of sp³-hybridized carbons (Fsp3) is 0.636. The van der Waals surface area contributed by atoms with Gasteiger partial charge in [0, 0.05) is 18.4 Å². The highest BCUT2D eigenvalue weighted by atomic mass is 31.2. The lowest BCUT2D eigenvalue weighted by Gasteiger charge is -2.18. The lowest BCUT2D eigenvalue weighted by Crippen LogP contribution is -2.23. The number of carbonyl (C=O) groups is 2. The monoisotopic (exact) mass is 294 g/mol. The van der Waals surface area contributed by atoms with Crippen molar-refractivity contribution in [2.24, 2.45) is 0 Å². The van der Waals surface area contributed by atoms with Gasteiger partial charge in [0.2, 0.25) is 7.37 Å². The molecule has 0 aliphatic carbocycles. The molecule has 0 saturated carbocycles. The van der Waals surface area contributed by atoms with E-state index in [1.807, 2.05) is 0 Å². The van der Waals surface area contributed by atoms with Gasteiger partial charge in [0.15, 0.2) is 0 Å². The van der Waals surface area contributed by atoms with Gasteiger partial charge in [0.25, 0.3) is 0 Å². The number of hydrogen-bond acceptors (Lipinski definition) is 6.